The SMILES string of the molecule is O=C(NCc1[nH]ncc1Br)NC(Cc1ccoc1)C(=O)O. The standard InChI is InChI=1S/C12H13BrN4O4/c13-8-4-15-17-10(8)5-14-12(20)16-9(11(18)19)3-7-1-2-21-6-7/h1-2,4,6,9H,3,5H2,(H,15,17)(H,18,19)(H2,14,16,20). The van der Waals surface area contributed by atoms with Crippen LogP contribution >= 0.6 is 15.9 Å². The largest absolute Gasteiger partial charge is 0.480 e. The van der Waals surface area contributed by atoms with E-state index in [2.05, 4.69) is 36.8 Å². The summed E-state index contributed by atoms with van der Waals surface area (Å²) in [5, 5.41) is 20.6. The summed E-state index contributed by atoms with van der Waals surface area (Å²) in [7, 11) is 0. The fourth-order valence-electron chi connectivity index (χ4n) is 1.64. The molecular formula is C12H13BrN4O4. The van der Waals surface area contributed by atoms with E-state index in [4.69, 9.17) is 9.52 Å². The molecule has 0 aliphatic rings. The fourth-order valence-corrected chi connectivity index (χ4v) is 1.98. The van der Waals surface area contributed by atoms with Crippen LogP contribution in [0.2, 0.25) is 0 Å². The van der Waals surface area contributed by atoms with Crippen LogP contribution in [0.3, 0.4) is 0 Å². The molecule has 2 aromatic rings. The number of carboxylic acid groups (broad SMARTS) is 1. The van der Waals surface area contributed by atoms with Gasteiger partial charge in [-0.1, -0.05) is 0 Å². The lowest BCUT2D eigenvalue weighted by Gasteiger charge is -2.14. The number of amides is 2. The summed E-state index contributed by atoms with van der Waals surface area (Å²) >= 11 is 3.26. The number of carboxylic acids is 1. The maximum absolute atomic E-state index is 11.7. The Labute approximate surface area is 128 Å². The maximum atomic E-state index is 11.7. The number of carbonyl (C=O) groups excluding carboxylic acids is 1. The number of aromatic nitrogens is 2. The number of nitrogens with zero attached hydrogens (tertiary/aromatic N) is 1. The normalized spacial score (nSPS) is 11.9. The Kier molecular flexibility index (Phi) is 4.99. The van der Waals surface area contributed by atoms with Gasteiger partial charge >= 0.3 is 12.0 Å². The molecule has 0 spiro atoms. The highest BCUT2D eigenvalue weighted by Crippen LogP contribution is 2.11. The third-order valence-electron chi connectivity index (χ3n) is 2.71. The second-order valence-electron chi connectivity index (χ2n) is 4.25. The Hall–Kier alpha value is -2.29. The Morgan fingerprint density at radius 2 is 2.33 bits per heavy atom. The van der Waals surface area contributed by atoms with Gasteiger partial charge in [0.05, 0.1) is 35.4 Å². The van der Waals surface area contributed by atoms with Crippen molar-refractivity contribution in [2.24, 2.45) is 0 Å². The van der Waals surface area contributed by atoms with Crippen LogP contribution < -0.4 is 10.6 Å². The van der Waals surface area contributed by atoms with Crippen LogP contribution in [0.5, 0.6) is 0 Å². The first-order chi connectivity index (χ1) is 10.1. The van der Waals surface area contributed by atoms with Crippen LogP contribution in [0, 0.1) is 0 Å². The fraction of sp³-hybridized carbons (Fsp3) is 0.250. The van der Waals surface area contributed by atoms with Gasteiger partial charge in [0.25, 0.3) is 0 Å². The number of H-pyrrole nitrogens is 1. The average molecular weight is 357 g/mol. The zero-order valence-corrected chi connectivity index (χ0v) is 12.4. The molecule has 0 saturated heterocycles. The third kappa shape index (κ3) is 4.35. The molecule has 0 fully saturated rings. The molecule has 112 valence electrons. The highest BCUT2D eigenvalue weighted by molar-refractivity contribution is 9.10. The topological polar surface area (TPSA) is 120 Å². The van der Waals surface area contributed by atoms with Crippen molar-refractivity contribution in [1.29, 1.82) is 0 Å². The predicted molar refractivity (Wildman–Crippen MR) is 75.5 cm³/mol. The van der Waals surface area contributed by atoms with E-state index >= 15 is 0 Å². The van der Waals surface area contributed by atoms with E-state index in [9.17, 15) is 9.59 Å². The van der Waals surface area contributed by atoms with Crippen LogP contribution in [-0.4, -0.2) is 33.3 Å². The van der Waals surface area contributed by atoms with Crippen LogP contribution in [-0.2, 0) is 17.8 Å². The molecule has 2 heterocycles. The second kappa shape index (κ2) is 6.93. The molecule has 0 radical (unpaired) electrons. The molecule has 2 rings (SSSR count). The van der Waals surface area contributed by atoms with Gasteiger partial charge in [0, 0.05) is 6.42 Å². The first-order valence-corrected chi connectivity index (χ1v) is 6.81. The van der Waals surface area contributed by atoms with Crippen molar-refractivity contribution in [1.82, 2.24) is 20.8 Å². The number of hydrogen-bond acceptors (Lipinski definition) is 4. The number of halogens is 1. The van der Waals surface area contributed by atoms with E-state index in [1.54, 1.807) is 12.3 Å². The monoisotopic (exact) mass is 356 g/mol. The maximum Gasteiger partial charge on any atom is 0.326 e. The summed E-state index contributed by atoms with van der Waals surface area (Å²) in [5.74, 6) is -1.12. The van der Waals surface area contributed by atoms with Crippen LogP contribution in [0.1, 0.15) is 11.3 Å². The molecule has 0 aliphatic carbocycles. The quantitative estimate of drug-likeness (QED) is 0.620. The van der Waals surface area contributed by atoms with E-state index < -0.39 is 18.0 Å². The second-order valence-corrected chi connectivity index (χ2v) is 5.10. The van der Waals surface area contributed by atoms with Crippen molar-refractivity contribution in [3.63, 3.8) is 0 Å². The Morgan fingerprint density at radius 1 is 1.52 bits per heavy atom. The van der Waals surface area contributed by atoms with Crippen molar-refractivity contribution in [3.8, 4) is 0 Å². The van der Waals surface area contributed by atoms with Gasteiger partial charge in [0.2, 0.25) is 0 Å². The van der Waals surface area contributed by atoms with E-state index in [0.29, 0.717) is 11.3 Å². The van der Waals surface area contributed by atoms with Crippen LogP contribution in [0.4, 0.5) is 4.79 Å². The first kappa shape index (κ1) is 15.1. The lowest BCUT2D eigenvalue weighted by molar-refractivity contribution is -0.139. The van der Waals surface area contributed by atoms with Crippen molar-refractivity contribution in [2.75, 3.05) is 0 Å². The van der Waals surface area contributed by atoms with E-state index in [0.717, 1.165) is 4.47 Å². The smallest absolute Gasteiger partial charge is 0.326 e. The lowest BCUT2D eigenvalue weighted by atomic mass is 10.1. The number of hydrogen-bond donors (Lipinski definition) is 4. The van der Waals surface area contributed by atoms with Gasteiger partial charge in [-0.2, -0.15) is 5.10 Å². The Bertz CT molecular complexity index is 611. The summed E-state index contributed by atoms with van der Waals surface area (Å²) in [6.07, 6.45) is 4.60. The number of aromatic amines is 1. The highest BCUT2D eigenvalue weighted by atomic mass is 79.9. The summed E-state index contributed by atoms with van der Waals surface area (Å²) < 4.78 is 5.60. The number of rotatable bonds is 6. The zero-order valence-electron chi connectivity index (χ0n) is 10.8. The molecule has 2 aromatic heterocycles. The molecular weight excluding hydrogens is 344 g/mol. The summed E-state index contributed by atoms with van der Waals surface area (Å²) in [6, 6.07) is 0.0391. The third-order valence-corrected chi connectivity index (χ3v) is 3.40. The molecule has 0 aliphatic heterocycles. The zero-order chi connectivity index (χ0) is 15.2. The van der Waals surface area contributed by atoms with Gasteiger partial charge in [-0.15, -0.1) is 0 Å². The van der Waals surface area contributed by atoms with Crippen molar-refractivity contribution < 1.29 is 19.1 Å². The minimum Gasteiger partial charge on any atom is -0.480 e. The molecule has 0 aromatic carbocycles. The molecule has 21 heavy (non-hydrogen) atoms. The Morgan fingerprint density at radius 3 is 2.90 bits per heavy atom. The van der Waals surface area contributed by atoms with Crippen molar-refractivity contribution in [2.45, 2.75) is 19.0 Å². The molecule has 1 atom stereocenters. The molecule has 4 N–H and O–H groups in total. The molecule has 1 unspecified atom stereocenters. The number of carbonyl (C=O) groups is 2. The number of urea groups is 1. The minimum absolute atomic E-state index is 0.146. The van der Waals surface area contributed by atoms with Gasteiger partial charge in [-0.05, 0) is 27.6 Å². The number of aliphatic carboxylic acids is 1. The predicted octanol–water partition coefficient (Wildman–Crippen LogP) is 1.26. The van der Waals surface area contributed by atoms with Crippen molar-refractivity contribution >= 4 is 27.9 Å². The molecule has 2 amide bonds. The van der Waals surface area contributed by atoms with Gasteiger partial charge in [-0.3, -0.25) is 5.10 Å². The van der Waals surface area contributed by atoms with Crippen LogP contribution in [0.15, 0.2) is 33.7 Å². The molecule has 9 heteroatoms. The Balaban J connectivity index is 1.86. The lowest BCUT2D eigenvalue weighted by Crippen LogP contribution is -2.46. The summed E-state index contributed by atoms with van der Waals surface area (Å²) in [5.41, 5.74) is 1.38. The van der Waals surface area contributed by atoms with Gasteiger partial charge < -0.3 is 20.2 Å². The van der Waals surface area contributed by atoms with Gasteiger partial charge in [-0.25, -0.2) is 9.59 Å². The van der Waals surface area contributed by atoms with Crippen molar-refractivity contribution in [3.05, 3.63) is 40.5 Å². The number of furan rings is 1. The van der Waals surface area contributed by atoms with Gasteiger partial charge in [0.1, 0.15) is 6.04 Å². The molecule has 0 bridgehead atoms. The molecule has 8 nitrogen and oxygen atoms in total. The summed E-state index contributed by atoms with van der Waals surface area (Å²) in [6.45, 7) is 0.199. The molecule has 0 saturated carbocycles. The number of nitrogens with one attached hydrogen (secondary N) is 3. The average Bonchev–Trinajstić information content (AvgIpc) is 3.07. The van der Waals surface area contributed by atoms with E-state index in [-0.39, 0.29) is 13.0 Å². The minimum atomic E-state index is -1.12. The van der Waals surface area contributed by atoms with E-state index in [1.165, 1.54) is 12.5 Å². The van der Waals surface area contributed by atoms with E-state index in [1.807, 2.05) is 0 Å². The summed E-state index contributed by atoms with van der Waals surface area (Å²) in [4.78, 5) is 22.9. The van der Waals surface area contributed by atoms with Gasteiger partial charge in [0.15, 0.2) is 0 Å². The van der Waals surface area contributed by atoms with Crippen LogP contribution in [0.25, 0.3) is 0 Å². The first-order valence-electron chi connectivity index (χ1n) is 6.02. The highest BCUT2D eigenvalue weighted by Gasteiger charge is 2.20.